The average molecular weight is 338 g/mol. The standard InChI is InChI=1S/C19H18N2O2S/c1-12-19(16-5-3-4-6-17(16)20-12)18(23)11-24-15-9-7-14(8-10-15)21-13(2)22/h3-10,20H,11H2,1-2H3,(H,21,22). The number of aromatic amines is 1. The molecule has 3 aromatic rings. The molecule has 0 radical (unpaired) electrons. The lowest BCUT2D eigenvalue weighted by atomic mass is 10.1. The van der Waals surface area contributed by atoms with E-state index in [1.807, 2.05) is 55.5 Å². The van der Waals surface area contributed by atoms with Crippen molar-refractivity contribution in [3.8, 4) is 0 Å². The second kappa shape index (κ2) is 6.93. The summed E-state index contributed by atoms with van der Waals surface area (Å²) >= 11 is 1.50. The number of anilines is 1. The lowest BCUT2D eigenvalue weighted by Gasteiger charge is -2.05. The fourth-order valence-corrected chi connectivity index (χ4v) is 3.47. The molecule has 1 aromatic heterocycles. The van der Waals surface area contributed by atoms with Gasteiger partial charge in [0.15, 0.2) is 5.78 Å². The van der Waals surface area contributed by atoms with E-state index in [4.69, 9.17) is 0 Å². The number of hydrogen-bond acceptors (Lipinski definition) is 3. The Labute approximate surface area is 144 Å². The van der Waals surface area contributed by atoms with Crippen molar-refractivity contribution in [2.75, 3.05) is 11.1 Å². The highest BCUT2D eigenvalue weighted by Crippen LogP contribution is 2.26. The van der Waals surface area contributed by atoms with E-state index in [9.17, 15) is 9.59 Å². The van der Waals surface area contributed by atoms with Gasteiger partial charge >= 0.3 is 0 Å². The molecule has 0 atom stereocenters. The molecule has 5 heteroatoms. The third-order valence-electron chi connectivity index (χ3n) is 3.72. The van der Waals surface area contributed by atoms with E-state index in [2.05, 4.69) is 10.3 Å². The van der Waals surface area contributed by atoms with Crippen molar-refractivity contribution in [2.45, 2.75) is 18.7 Å². The Morgan fingerprint density at radius 2 is 1.79 bits per heavy atom. The zero-order chi connectivity index (χ0) is 17.1. The van der Waals surface area contributed by atoms with E-state index in [1.54, 1.807) is 0 Å². The van der Waals surface area contributed by atoms with Crippen LogP contribution in [0.2, 0.25) is 0 Å². The Kier molecular flexibility index (Phi) is 4.71. The van der Waals surface area contributed by atoms with Crippen molar-refractivity contribution in [3.63, 3.8) is 0 Å². The fourth-order valence-electron chi connectivity index (χ4n) is 2.69. The number of Topliss-reactive ketones (excluding diaryl/α,β-unsaturated/α-hetero) is 1. The zero-order valence-electron chi connectivity index (χ0n) is 13.6. The van der Waals surface area contributed by atoms with Crippen molar-refractivity contribution in [2.24, 2.45) is 0 Å². The number of para-hydroxylation sites is 1. The summed E-state index contributed by atoms with van der Waals surface area (Å²) in [6.07, 6.45) is 0. The van der Waals surface area contributed by atoms with Crippen LogP contribution in [-0.2, 0) is 4.79 Å². The van der Waals surface area contributed by atoms with Gasteiger partial charge in [-0.3, -0.25) is 9.59 Å². The molecular weight excluding hydrogens is 320 g/mol. The first-order chi connectivity index (χ1) is 11.5. The molecule has 0 unspecified atom stereocenters. The molecule has 0 aliphatic rings. The molecule has 1 amide bonds. The maximum absolute atomic E-state index is 12.6. The highest BCUT2D eigenvalue weighted by atomic mass is 32.2. The van der Waals surface area contributed by atoms with Crippen LogP contribution in [0.1, 0.15) is 23.0 Å². The number of nitrogens with one attached hydrogen (secondary N) is 2. The smallest absolute Gasteiger partial charge is 0.221 e. The van der Waals surface area contributed by atoms with E-state index in [0.717, 1.165) is 32.7 Å². The van der Waals surface area contributed by atoms with Crippen LogP contribution in [0.25, 0.3) is 10.9 Å². The summed E-state index contributed by atoms with van der Waals surface area (Å²) in [7, 11) is 0. The molecular formula is C19H18N2O2S. The molecule has 0 spiro atoms. The molecule has 0 saturated heterocycles. The number of benzene rings is 2. The number of amides is 1. The van der Waals surface area contributed by atoms with Crippen molar-refractivity contribution >= 4 is 40.0 Å². The first-order valence-electron chi connectivity index (χ1n) is 7.65. The number of fused-ring (bicyclic) bond motifs is 1. The van der Waals surface area contributed by atoms with E-state index >= 15 is 0 Å². The highest BCUT2D eigenvalue weighted by molar-refractivity contribution is 8.00. The van der Waals surface area contributed by atoms with Gasteiger partial charge in [0, 0.05) is 39.7 Å². The summed E-state index contributed by atoms with van der Waals surface area (Å²) in [6, 6.07) is 15.3. The van der Waals surface area contributed by atoms with Gasteiger partial charge in [-0.15, -0.1) is 11.8 Å². The monoisotopic (exact) mass is 338 g/mol. The molecule has 2 N–H and O–H groups in total. The first kappa shape index (κ1) is 16.3. The third-order valence-corrected chi connectivity index (χ3v) is 4.73. The number of carbonyl (C=O) groups is 2. The molecule has 3 rings (SSSR count). The first-order valence-corrected chi connectivity index (χ1v) is 8.64. The van der Waals surface area contributed by atoms with E-state index in [-0.39, 0.29) is 11.7 Å². The van der Waals surface area contributed by atoms with E-state index < -0.39 is 0 Å². The fraction of sp³-hybridized carbons (Fsp3) is 0.158. The summed E-state index contributed by atoms with van der Waals surface area (Å²) in [5.41, 5.74) is 3.42. The Morgan fingerprint density at radius 3 is 2.50 bits per heavy atom. The van der Waals surface area contributed by atoms with Crippen LogP contribution < -0.4 is 5.32 Å². The molecule has 4 nitrogen and oxygen atoms in total. The SMILES string of the molecule is CC(=O)Nc1ccc(SCC(=O)c2c(C)[nH]c3ccccc23)cc1. The molecule has 0 saturated carbocycles. The van der Waals surface area contributed by atoms with Gasteiger partial charge in [-0.25, -0.2) is 0 Å². The number of carbonyl (C=O) groups excluding carboxylic acids is 2. The average Bonchev–Trinajstić information content (AvgIpc) is 2.89. The topological polar surface area (TPSA) is 62.0 Å². The van der Waals surface area contributed by atoms with Gasteiger partial charge in [-0.1, -0.05) is 18.2 Å². The van der Waals surface area contributed by atoms with Gasteiger partial charge in [0.1, 0.15) is 0 Å². The van der Waals surface area contributed by atoms with Crippen molar-refractivity contribution in [3.05, 3.63) is 59.8 Å². The molecule has 0 aliphatic heterocycles. The highest BCUT2D eigenvalue weighted by Gasteiger charge is 2.15. The molecule has 0 fully saturated rings. The number of hydrogen-bond donors (Lipinski definition) is 2. The predicted octanol–water partition coefficient (Wildman–Crippen LogP) is 4.41. The summed E-state index contributed by atoms with van der Waals surface area (Å²) in [5.74, 6) is 0.392. The number of ketones is 1. The number of aryl methyl sites for hydroxylation is 1. The summed E-state index contributed by atoms with van der Waals surface area (Å²) in [4.78, 5) is 27.9. The largest absolute Gasteiger partial charge is 0.358 e. The maximum Gasteiger partial charge on any atom is 0.221 e. The van der Waals surface area contributed by atoms with Crippen LogP contribution in [0.3, 0.4) is 0 Å². The minimum atomic E-state index is -0.0969. The van der Waals surface area contributed by atoms with Crippen LogP contribution in [-0.4, -0.2) is 22.4 Å². The summed E-state index contributed by atoms with van der Waals surface area (Å²) < 4.78 is 0. The minimum Gasteiger partial charge on any atom is -0.358 e. The second-order valence-corrected chi connectivity index (χ2v) is 6.64. The zero-order valence-corrected chi connectivity index (χ0v) is 14.4. The normalized spacial score (nSPS) is 10.8. The van der Waals surface area contributed by atoms with Crippen molar-refractivity contribution in [1.29, 1.82) is 0 Å². The van der Waals surface area contributed by atoms with Gasteiger partial charge in [-0.2, -0.15) is 0 Å². The van der Waals surface area contributed by atoms with Gasteiger partial charge in [0.25, 0.3) is 0 Å². The van der Waals surface area contributed by atoms with Crippen LogP contribution in [0.4, 0.5) is 5.69 Å². The van der Waals surface area contributed by atoms with Gasteiger partial charge in [0.2, 0.25) is 5.91 Å². The third kappa shape index (κ3) is 3.51. The lowest BCUT2D eigenvalue weighted by molar-refractivity contribution is -0.114. The quantitative estimate of drug-likeness (QED) is 0.535. The van der Waals surface area contributed by atoms with E-state index in [0.29, 0.717) is 5.75 Å². The second-order valence-electron chi connectivity index (χ2n) is 5.59. The number of aromatic nitrogens is 1. The van der Waals surface area contributed by atoms with Gasteiger partial charge < -0.3 is 10.3 Å². The summed E-state index contributed by atoms with van der Waals surface area (Å²) in [5, 5.41) is 3.70. The molecule has 1 heterocycles. The maximum atomic E-state index is 12.6. The van der Waals surface area contributed by atoms with Crippen molar-refractivity contribution < 1.29 is 9.59 Å². The minimum absolute atomic E-state index is 0.0969. The van der Waals surface area contributed by atoms with Crippen LogP contribution in [0.15, 0.2) is 53.4 Å². The number of H-pyrrole nitrogens is 1. The Hall–Kier alpha value is -2.53. The van der Waals surface area contributed by atoms with Crippen LogP contribution in [0, 0.1) is 6.92 Å². The molecule has 0 aliphatic carbocycles. The lowest BCUT2D eigenvalue weighted by Crippen LogP contribution is -2.05. The van der Waals surface area contributed by atoms with Crippen LogP contribution >= 0.6 is 11.8 Å². The van der Waals surface area contributed by atoms with Crippen molar-refractivity contribution in [1.82, 2.24) is 4.98 Å². The Morgan fingerprint density at radius 1 is 1.08 bits per heavy atom. The van der Waals surface area contributed by atoms with Gasteiger partial charge in [0.05, 0.1) is 5.75 Å². The molecule has 0 bridgehead atoms. The van der Waals surface area contributed by atoms with Crippen LogP contribution in [0.5, 0.6) is 0 Å². The molecule has 2 aromatic carbocycles. The summed E-state index contributed by atoms with van der Waals surface area (Å²) in [6.45, 7) is 3.41. The van der Waals surface area contributed by atoms with E-state index in [1.165, 1.54) is 18.7 Å². The Balaban J connectivity index is 1.71. The Bertz CT molecular complexity index is 897. The van der Waals surface area contributed by atoms with Gasteiger partial charge in [-0.05, 0) is 37.3 Å². The number of thioether (sulfide) groups is 1. The predicted molar refractivity (Wildman–Crippen MR) is 98.8 cm³/mol. The molecule has 122 valence electrons. The molecule has 24 heavy (non-hydrogen) atoms. The number of rotatable bonds is 5.